The number of urea groups is 1. The van der Waals surface area contributed by atoms with Crippen LogP contribution in [0.2, 0.25) is 5.02 Å². The van der Waals surface area contributed by atoms with Crippen LogP contribution in [-0.2, 0) is 0 Å². The maximum Gasteiger partial charge on any atom is 0.319 e. The number of amides is 2. The standard InChI is InChI=1S/C13H15ClN2O/c1-3-6-11(4-2)15-13(17)16-12-8-5-7-10(14)9-12/h1,5,7-9,11H,4,6H2,2H3,(H2,15,16,17). The molecule has 2 amide bonds. The van der Waals surface area contributed by atoms with Gasteiger partial charge in [-0.25, -0.2) is 4.79 Å². The molecule has 90 valence electrons. The van der Waals surface area contributed by atoms with Crippen molar-refractivity contribution in [3.8, 4) is 12.3 Å². The molecule has 0 saturated heterocycles. The molecule has 0 radical (unpaired) electrons. The number of carbonyl (C=O) groups is 1. The van der Waals surface area contributed by atoms with Gasteiger partial charge in [0.2, 0.25) is 0 Å². The molecule has 1 rings (SSSR count). The first-order valence-electron chi connectivity index (χ1n) is 5.42. The van der Waals surface area contributed by atoms with E-state index in [4.69, 9.17) is 18.0 Å². The van der Waals surface area contributed by atoms with Gasteiger partial charge in [-0.2, -0.15) is 0 Å². The summed E-state index contributed by atoms with van der Waals surface area (Å²) in [5.41, 5.74) is 0.658. The van der Waals surface area contributed by atoms with Gasteiger partial charge in [0.05, 0.1) is 0 Å². The van der Waals surface area contributed by atoms with Crippen LogP contribution in [0.4, 0.5) is 10.5 Å². The van der Waals surface area contributed by atoms with E-state index in [9.17, 15) is 4.79 Å². The highest BCUT2D eigenvalue weighted by atomic mass is 35.5. The molecule has 17 heavy (non-hydrogen) atoms. The maximum absolute atomic E-state index is 11.6. The Morgan fingerprint density at radius 3 is 2.94 bits per heavy atom. The number of anilines is 1. The molecular weight excluding hydrogens is 236 g/mol. The Bertz CT molecular complexity index is 426. The van der Waals surface area contributed by atoms with E-state index in [1.54, 1.807) is 24.3 Å². The van der Waals surface area contributed by atoms with Crippen molar-refractivity contribution < 1.29 is 4.79 Å². The van der Waals surface area contributed by atoms with Crippen molar-refractivity contribution >= 4 is 23.3 Å². The van der Waals surface area contributed by atoms with Crippen molar-refractivity contribution in [2.45, 2.75) is 25.8 Å². The zero-order chi connectivity index (χ0) is 12.7. The minimum Gasteiger partial charge on any atom is -0.334 e. The van der Waals surface area contributed by atoms with Crippen LogP contribution >= 0.6 is 11.6 Å². The molecule has 0 aliphatic heterocycles. The first kappa shape index (κ1) is 13.4. The highest BCUT2D eigenvalue weighted by Crippen LogP contribution is 2.14. The fraction of sp³-hybridized carbons (Fsp3) is 0.308. The van der Waals surface area contributed by atoms with E-state index in [-0.39, 0.29) is 12.1 Å². The van der Waals surface area contributed by atoms with E-state index in [1.165, 1.54) is 0 Å². The van der Waals surface area contributed by atoms with Gasteiger partial charge in [0.15, 0.2) is 0 Å². The third-order valence-electron chi connectivity index (χ3n) is 2.27. The zero-order valence-electron chi connectivity index (χ0n) is 9.66. The summed E-state index contributed by atoms with van der Waals surface area (Å²) >= 11 is 5.81. The second kappa shape index (κ2) is 6.82. The summed E-state index contributed by atoms with van der Waals surface area (Å²) in [5, 5.41) is 6.08. The van der Waals surface area contributed by atoms with Gasteiger partial charge in [0, 0.05) is 23.2 Å². The monoisotopic (exact) mass is 250 g/mol. The second-order valence-electron chi connectivity index (χ2n) is 3.62. The van der Waals surface area contributed by atoms with E-state index in [0.29, 0.717) is 17.1 Å². The molecule has 0 aliphatic rings. The molecule has 0 aromatic heterocycles. The number of benzene rings is 1. The van der Waals surface area contributed by atoms with Crippen molar-refractivity contribution in [3.05, 3.63) is 29.3 Å². The van der Waals surface area contributed by atoms with Crippen LogP contribution < -0.4 is 10.6 Å². The SMILES string of the molecule is C#CCC(CC)NC(=O)Nc1cccc(Cl)c1. The number of rotatable bonds is 4. The highest BCUT2D eigenvalue weighted by Gasteiger charge is 2.08. The summed E-state index contributed by atoms with van der Waals surface area (Å²) in [6.45, 7) is 1.97. The van der Waals surface area contributed by atoms with Crippen LogP contribution in [0.5, 0.6) is 0 Å². The molecular formula is C13H15ClN2O. The van der Waals surface area contributed by atoms with Gasteiger partial charge in [-0.15, -0.1) is 12.3 Å². The van der Waals surface area contributed by atoms with Crippen LogP contribution in [0.3, 0.4) is 0 Å². The lowest BCUT2D eigenvalue weighted by atomic mass is 10.2. The molecule has 0 spiro atoms. The molecule has 1 aromatic rings. The van der Waals surface area contributed by atoms with Crippen LogP contribution in [0, 0.1) is 12.3 Å². The van der Waals surface area contributed by atoms with Gasteiger partial charge in [-0.1, -0.05) is 24.6 Å². The minimum atomic E-state index is -0.269. The Balaban J connectivity index is 2.52. The number of halogens is 1. The fourth-order valence-electron chi connectivity index (χ4n) is 1.36. The maximum atomic E-state index is 11.6. The van der Waals surface area contributed by atoms with Gasteiger partial charge < -0.3 is 10.6 Å². The van der Waals surface area contributed by atoms with E-state index in [1.807, 2.05) is 6.92 Å². The van der Waals surface area contributed by atoms with Crippen LogP contribution in [-0.4, -0.2) is 12.1 Å². The molecule has 1 atom stereocenters. The summed E-state index contributed by atoms with van der Waals surface area (Å²) in [4.78, 5) is 11.6. The number of hydrogen-bond donors (Lipinski definition) is 2. The van der Waals surface area contributed by atoms with Crippen molar-refractivity contribution in [2.75, 3.05) is 5.32 Å². The van der Waals surface area contributed by atoms with E-state index in [0.717, 1.165) is 6.42 Å². The molecule has 0 aliphatic carbocycles. The number of nitrogens with one attached hydrogen (secondary N) is 2. The number of carbonyl (C=O) groups excluding carboxylic acids is 1. The first-order chi connectivity index (χ1) is 8.15. The van der Waals surface area contributed by atoms with Gasteiger partial charge in [0.25, 0.3) is 0 Å². The van der Waals surface area contributed by atoms with Crippen molar-refractivity contribution in [2.24, 2.45) is 0 Å². The molecule has 2 N–H and O–H groups in total. The molecule has 1 aromatic carbocycles. The quantitative estimate of drug-likeness (QED) is 0.792. The molecule has 1 unspecified atom stereocenters. The minimum absolute atomic E-state index is 0.000755. The zero-order valence-corrected chi connectivity index (χ0v) is 10.4. The third-order valence-corrected chi connectivity index (χ3v) is 2.51. The van der Waals surface area contributed by atoms with Crippen molar-refractivity contribution in [1.82, 2.24) is 5.32 Å². The smallest absolute Gasteiger partial charge is 0.319 e. The predicted molar refractivity (Wildman–Crippen MR) is 71.1 cm³/mol. The third kappa shape index (κ3) is 4.80. The molecule has 0 bridgehead atoms. The van der Waals surface area contributed by atoms with Crippen molar-refractivity contribution in [1.29, 1.82) is 0 Å². The molecule has 3 nitrogen and oxygen atoms in total. The van der Waals surface area contributed by atoms with Crippen LogP contribution in [0.25, 0.3) is 0 Å². The second-order valence-corrected chi connectivity index (χ2v) is 4.06. The summed E-state index contributed by atoms with van der Waals surface area (Å²) < 4.78 is 0. The normalized spacial score (nSPS) is 11.4. The van der Waals surface area contributed by atoms with Gasteiger partial charge >= 0.3 is 6.03 Å². The predicted octanol–water partition coefficient (Wildman–Crippen LogP) is 3.26. The summed E-state index contributed by atoms with van der Waals surface area (Å²) in [5.74, 6) is 2.53. The Labute approximate surface area is 107 Å². The summed E-state index contributed by atoms with van der Waals surface area (Å²) in [7, 11) is 0. The summed E-state index contributed by atoms with van der Waals surface area (Å²) in [6.07, 6.45) is 6.54. The lowest BCUT2D eigenvalue weighted by molar-refractivity contribution is 0.248. The van der Waals surface area contributed by atoms with Crippen molar-refractivity contribution in [3.63, 3.8) is 0 Å². The first-order valence-corrected chi connectivity index (χ1v) is 5.80. The number of terminal acetylenes is 1. The fourth-order valence-corrected chi connectivity index (χ4v) is 1.55. The molecule has 4 heteroatoms. The Morgan fingerprint density at radius 2 is 2.35 bits per heavy atom. The van der Waals surface area contributed by atoms with Gasteiger partial charge in [-0.05, 0) is 24.6 Å². The van der Waals surface area contributed by atoms with Crippen LogP contribution in [0.1, 0.15) is 19.8 Å². The largest absolute Gasteiger partial charge is 0.334 e. The molecule has 0 saturated carbocycles. The van der Waals surface area contributed by atoms with Gasteiger partial charge in [0.1, 0.15) is 0 Å². The average molecular weight is 251 g/mol. The Kier molecular flexibility index (Phi) is 5.38. The van der Waals surface area contributed by atoms with Crippen LogP contribution in [0.15, 0.2) is 24.3 Å². The van der Waals surface area contributed by atoms with E-state index in [2.05, 4.69) is 16.6 Å². The number of hydrogen-bond acceptors (Lipinski definition) is 1. The summed E-state index contributed by atoms with van der Waals surface area (Å²) in [6, 6.07) is 6.71. The highest BCUT2D eigenvalue weighted by molar-refractivity contribution is 6.30. The average Bonchev–Trinajstić information content (AvgIpc) is 2.28. The van der Waals surface area contributed by atoms with E-state index >= 15 is 0 Å². The molecule has 0 heterocycles. The lowest BCUT2D eigenvalue weighted by Crippen LogP contribution is -2.37. The Morgan fingerprint density at radius 1 is 1.59 bits per heavy atom. The Hall–Kier alpha value is -1.66. The van der Waals surface area contributed by atoms with E-state index < -0.39 is 0 Å². The topological polar surface area (TPSA) is 41.1 Å². The van der Waals surface area contributed by atoms with Gasteiger partial charge in [-0.3, -0.25) is 0 Å². The lowest BCUT2D eigenvalue weighted by Gasteiger charge is -2.14. The molecule has 0 fully saturated rings.